The molecule has 0 amide bonds. The van der Waals surface area contributed by atoms with Crippen molar-refractivity contribution in [1.82, 2.24) is 0 Å². The lowest BCUT2D eigenvalue weighted by molar-refractivity contribution is 0.0898. The van der Waals surface area contributed by atoms with Crippen molar-refractivity contribution >= 4 is 0 Å². The standard InChI is InChI=1S/C15H22O2/c1-3-17-13-8-5-7-12(10-13)15(16)14-9-4-6-11(14)2/h5,7-8,10-11,14-16H,3-4,6,9H2,1-2H3. The summed E-state index contributed by atoms with van der Waals surface area (Å²) in [5.74, 6) is 1.89. The van der Waals surface area contributed by atoms with Gasteiger partial charge in [-0.1, -0.05) is 31.9 Å². The van der Waals surface area contributed by atoms with E-state index in [1.165, 1.54) is 12.8 Å². The van der Waals surface area contributed by atoms with Gasteiger partial charge in [0.25, 0.3) is 0 Å². The van der Waals surface area contributed by atoms with Crippen LogP contribution < -0.4 is 4.74 Å². The Bertz CT molecular complexity index is 362. The van der Waals surface area contributed by atoms with Crippen LogP contribution in [0.3, 0.4) is 0 Å². The van der Waals surface area contributed by atoms with Gasteiger partial charge in [0.15, 0.2) is 0 Å². The second-order valence-electron chi connectivity index (χ2n) is 5.02. The van der Waals surface area contributed by atoms with Crippen molar-refractivity contribution in [3.05, 3.63) is 29.8 Å². The van der Waals surface area contributed by atoms with Gasteiger partial charge in [-0.2, -0.15) is 0 Å². The molecule has 0 heterocycles. The van der Waals surface area contributed by atoms with Crippen LogP contribution in [-0.2, 0) is 0 Å². The maximum absolute atomic E-state index is 10.4. The summed E-state index contributed by atoms with van der Waals surface area (Å²) in [6, 6.07) is 7.87. The number of ether oxygens (including phenoxy) is 1. The Morgan fingerprint density at radius 1 is 1.41 bits per heavy atom. The van der Waals surface area contributed by atoms with Crippen LogP contribution in [-0.4, -0.2) is 11.7 Å². The van der Waals surface area contributed by atoms with Crippen LogP contribution in [0.4, 0.5) is 0 Å². The smallest absolute Gasteiger partial charge is 0.119 e. The average molecular weight is 234 g/mol. The summed E-state index contributed by atoms with van der Waals surface area (Å²) < 4.78 is 5.48. The van der Waals surface area contributed by atoms with Crippen LogP contribution in [0, 0.1) is 11.8 Å². The normalized spacial score (nSPS) is 25.8. The second-order valence-corrected chi connectivity index (χ2v) is 5.02. The van der Waals surface area contributed by atoms with Crippen LogP contribution in [0.25, 0.3) is 0 Å². The molecule has 1 saturated carbocycles. The monoisotopic (exact) mass is 234 g/mol. The molecule has 2 rings (SSSR count). The number of benzene rings is 1. The van der Waals surface area contributed by atoms with Gasteiger partial charge >= 0.3 is 0 Å². The molecule has 1 N–H and O–H groups in total. The molecule has 1 aliphatic rings. The van der Waals surface area contributed by atoms with Crippen LogP contribution in [0.1, 0.15) is 44.8 Å². The second kappa shape index (κ2) is 5.54. The third kappa shape index (κ3) is 2.81. The molecule has 3 atom stereocenters. The van der Waals surface area contributed by atoms with Gasteiger partial charge in [-0.15, -0.1) is 0 Å². The molecule has 0 radical (unpaired) electrons. The first-order valence-electron chi connectivity index (χ1n) is 6.63. The largest absolute Gasteiger partial charge is 0.494 e. The average Bonchev–Trinajstić information content (AvgIpc) is 2.75. The summed E-state index contributed by atoms with van der Waals surface area (Å²) in [6.07, 6.45) is 3.29. The predicted octanol–water partition coefficient (Wildman–Crippen LogP) is 3.55. The zero-order valence-corrected chi connectivity index (χ0v) is 10.7. The SMILES string of the molecule is CCOc1cccc(C(O)C2CCCC2C)c1. The summed E-state index contributed by atoms with van der Waals surface area (Å²) in [5.41, 5.74) is 0.995. The fraction of sp³-hybridized carbons (Fsp3) is 0.600. The number of aliphatic hydroxyl groups is 1. The van der Waals surface area contributed by atoms with E-state index in [1.54, 1.807) is 0 Å². The van der Waals surface area contributed by atoms with Crippen molar-refractivity contribution in [2.75, 3.05) is 6.61 Å². The highest BCUT2D eigenvalue weighted by molar-refractivity contribution is 5.30. The molecule has 3 unspecified atom stereocenters. The number of hydrogen-bond donors (Lipinski definition) is 1. The molecule has 0 spiro atoms. The summed E-state index contributed by atoms with van der Waals surface area (Å²) in [4.78, 5) is 0. The van der Waals surface area contributed by atoms with E-state index in [4.69, 9.17) is 4.74 Å². The van der Waals surface area contributed by atoms with Crippen LogP contribution in [0.5, 0.6) is 5.75 Å². The quantitative estimate of drug-likeness (QED) is 0.863. The molecular formula is C15H22O2. The van der Waals surface area contributed by atoms with E-state index < -0.39 is 0 Å². The third-order valence-electron chi connectivity index (χ3n) is 3.84. The first kappa shape index (κ1) is 12.4. The van der Waals surface area contributed by atoms with Crippen LogP contribution in [0.15, 0.2) is 24.3 Å². The van der Waals surface area contributed by atoms with E-state index in [1.807, 2.05) is 31.2 Å². The van der Waals surface area contributed by atoms with E-state index in [0.29, 0.717) is 18.4 Å². The molecule has 1 fully saturated rings. The molecule has 0 aliphatic heterocycles. The van der Waals surface area contributed by atoms with Crippen LogP contribution in [0.2, 0.25) is 0 Å². The first-order chi connectivity index (χ1) is 8.22. The summed E-state index contributed by atoms with van der Waals surface area (Å²) >= 11 is 0. The Kier molecular flexibility index (Phi) is 4.06. The number of aliphatic hydroxyl groups excluding tert-OH is 1. The van der Waals surface area contributed by atoms with E-state index in [9.17, 15) is 5.11 Å². The third-order valence-corrected chi connectivity index (χ3v) is 3.84. The van der Waals surface area contributed by atoms with E-state index in [0.717, 1.165) is 17.7 Å². The van der Waals surface area contributed by atoms with Crippen molar-refractivity contribution in [2.24, 2.45) is 11.8 Å². The van der Waals surface area contributed by atoms with Crippen molar-refractivity contribution in [3.63, 3.8) is 0 Å². The van der Waals surface area contributed by atoms with Gasteiger partial charge in [0, 0.05) is 0 Å². The minimum Gasteiger partial charge on any atom is -0.494 e. The van der Waals surface area contributed by atoms with Crippen molar-refractivity contribution in [3.8, 4) is 5.75 Å². The summed E-state index contributed by atoms with van der Waals surface area (Å²) in [7, 11) is 0. The predicted molar refractivity (Wildman–Crippen MR) is 69.1 cm³/mol. The van der Waals surface area contributed by atoms with Gasteiger partial charge in [-0.3, -0.25) is 0 Å². The van der Waals surface area contributed by atoms with Crippen molar-refractivity contribution in [1.29, 1.82) is 0 Å². The minimum absolute atomic E-state index is 0.340. The molecule has 0 bridgehead atoms. The van der Waals surface area contributed by atoms with Crippen molar-refractivity contribution < 1.29 is 9.84 Å². The number of hydrogen-bond acceptors (Lipinski definition) is 2. The maximum Gasteiger partial charge on any atom is 0.119 e. The zero-order chi connectivity index (χ0) is 12.3. The highest BCUT2D eigenvalue weighted by Crippen LogP contribution is 2.40. The van der Waals surface area contributed by atoms with Crippen molar-refractivity contribution in [2.45, 2.75) is 39.2 Å². The lowest BCUT2D eigenvalue weighted by Crippen LogP contribution is -2.15. The molecule has 17 heavy (non-hydrogen) atoms. The van der Waals surface area contributed by atoms with E-state index >= 15 is 0 Å². The van der Waals surface area contributed by atoms with E-state index in [2.05, 4.69) is 6.92 Å². The fourth-order valence-electron chi connectivity index (χ4n) is 2.85. The first-order valence-corrected chi connectivity index (χ1v) is 6.63. The molecule has 2 heteroatoms. The van der Waals surface area contributed by atoms with Crippen LogP contribution >= 0.6 is 0 Å². The molecule has 1 aromatic rings. The Hall–Kier alpha value is -1.02. The Morgan fingerprint density at radius 3 is 2.88 bits per heavy atom. The highest BCUT2D eigenvalue weighted by atomic mass is 16.5. The maximum atomic E-state index is 10.4. The molecule has 0 aromatic heterocycles. The molecule has 0 saturated heterocycles. The van der Waals surface area contributed by atoms with E-state index in [-0.39, 0.29) is 6.10 Å². The van der Waals surface area contributed by atoms with Gasteiger partial charge in [0.1, 0.15) is 5.75 Å². The lowest BCUT2D eigenvalue weighted by atomic mass is 9.88. The molecule has 94 valence electrons. The van der Waals surface area contributed by atoms with Gasteiger partial charge in [0.05, 0.1) is 12.7 Å². The Labute approximate surface area is 104 Å². The molecule has 2 nitrogen and oxygen atoms in total. The van der Waals surface area contributed by atoms with Gasteiger partial charge in [0.2, 0.25) is 0 Å². The Morgan fingerprint density at radius 2 is 2.24 bits per heavy atom. The number of rotatable bonds is 4. The lowest BCUT2D eigenvalue weighted by Gasteiger charge is -2.22. The minimum atomic E-state index is -0.340. The molecule has 1 aromatic carbocycles. The molecule has 1 aliphatic carbocycles. The topological polar surface area (TPSA) is 29.5 Å². The Balaban J connectivity index is 2.12. The van der Waals surface area contributed by atoms with Gasteiger partial charge in [-0.05, 0) is 42.9 Å². The summed E-state index contributed by atoms with van der Waals surface area (Å²) in [6.45, 7) is 4.88. The molecular weight excluding hydrogens is 212 g/mol. The van der Waals surface area contributed by atoms with Gasteiger partial charge in [-0.25, -0.2) is 0 Å². The van der Waals surface area contributed by atoms with Gasteiger partial charge < -0.3 is 9.84 Å². The summed E-state index contributed by atoms with van der Waals surface area (Å²) in [5, 5.41) is 10.4. The highest BCUT2D eigenvalue weighted by Gasteiger charge is 2.30. The fourth-order valence-corrected chi connectivity index (χ4v) is 2.85. The zero-order valence-electron chi connectivity index (χ0n) is 10.7.